The first kappa shape index (κ1) is 13.2. The van der Waals surface area contributed by atoms with E-state index in [-0.39, 0.29) is 0 Å². The minimum Gasteiger partial charge on any atom is -0.302 e. The van der Waals surface area contributed by atoms with Crippen molar-refractivity contribution in [3.05, 3.63) is 37.0 Å². The molecule has 0 atom stereocenters. The largest absolute Gasteiger partial charge is 0.302 e. The van der Waals surface area contributed by atoms with Gasteiger partial charge in [0.1, 0.15) is 0 Å². The molecule has 1 heteroatoms. The molecule has 0 heterocycles. The first-order chi connectivity index (χ1) is 6.56. The molecule has 0 bridgehead atoms. The minimum absolute atomic E-state index is 0.773. The molecule has 0 saturated carbocycles. The Morgan fingerprint density at radius 3 is 2.57 bits per heavy atom. The highest BCUT2D eigenvalue weighted by atomic mass is 15.1. The lowest BCUT2D eigenvalue weighted by Crippen LogP contribution is -2.22. The lowest BCUT2D eigenvalue weighted by molar-refractivity contribution is 0.335. The van der Waals surface area contributed by atoms with Crippen LogP contribution in [0.1, 0.15) is 20.3 Å². The van der Waals surface area contributed by atoms with Gasteiger partial charge in [0, 0.05) is 6.54 Å². The maximum absolute atomic E-state index is 3.98. The van der Waals surface area contributed by atoms with E-state index in [0.29, 0.717) is 0 Å². The van der Waals surface area contributed by atoms with E-state index >= 15 is 0 Å². The van der Waals surface area contributed by atoms with Crippen LogP contribution in [0.4, 0.5) is 0 Å². The summed E-state index contributed by atoms with van der Waals surface area (Å²) in [6.45, 7) is 14.2. The van der Waals surface area contributed by atoms with Crippen LogP contribution in [0.5, 0.6) is 0 Å². The van der Waals surface area contributed by atoms with Gasteiger partial charge in [0.15, 0.2) is 0 Å². The fourth-order valence-corrected chi connectivity index (χ4v) is 1.16. The fourth-order valence-electron chi connectivity index (χ4n) is 1.16. The predicted molar refractivity (Wildman–Crippen MR) is 65.4 cm³/mol. The maximum atomic E-state index is 3.98. The van der Waals surface area contributed by atoms with Crippen molar-refractivity contribution in [3.8, 4) is 0 Å². The van der Waals surface area contributed by atoms with Crippen LogP contribution < -0.4 is 0 Å². The molecule has 0 N–H and O–H groups in total. The molecule has 0 saturated heterocycles. The van der Waals surface area contributed by atoms with Crippen molar-refractivity contribution in [3.63, 3.8) is 0 Å². The Bertz CT molecular complexity index is 201. The van der Waals surface area contributed by atoms with Crippen LogP contribution in [0, 0.1) is 5.92 Å². The number of hydrogen-bond donors (Lipinski definition) is 0. The van der Waals surface area contributed by atoms with Crippen LogP contribution in [0.15, 0.2) is 37.0 Å². The first-order valence-electron chi connectivity index (χ1n) is 5.21. The van der Waals surface area contributed by atoms with E-state index in [0.717, 1.165) is 24.6 Å². The van der Waals surface area contributed by atoms with Crippen LogP contribution in [0.2, 0.25) is 0 Å². The van der Waals surface area contributed by atoms with Gasteiger partial charge in [-0.15, -0.1) is 0 Å². The molecule has 0 rings (SSSR count). The van der Waals surface area contributed by atoms with Crippen LogP contribution in [0.3, 0.4) is 0 Å². The highest BCUT2D eigenvalue weighted by molar-refractivity contribution is 5.19. The average molecular weight is 193 g/mol. The molecule has 0 aromatic rings. The zero-order valence-electron chi connectivity index (χ0n) is 9.79. The predicted octanol–water partition coefficient (Wildman–Crippen LogP) is 3.26. The van der Waals surface area contributed by atoms with E-state index in [9.17, 15) is 0 Å². The molecule has 0 unspecified atom stereocenters. The summed E-state index contributed by atoms with van der Waals surface area (Å²) in [5.74, 6) is 0.773. The highest BCUT2D eigenvalue weighted by Crippen LogP contribution is 2.03. The summed E-state index contributed by atoms with van der Waals surface area (Å²) in [5.41, 5.74) is 1.14. The normalized spacial score (nSPS) is 11.5. The fraction of sp³-hybridized carbons (Fsp3) is 0.538. The standard InChI is InChI=1S/C13H23N/c1-6-7-8-13(4)11-14(5)10-9-12(2)3/h6-8,12H,1,4,9-11H2,2-3,5H3/b8-7-. The van der Waals surface area contributed by atoms with Crippen LogP contribution in [-0.2, 0) is 0 Å². The number of rotatable bonds is 7. The van der Waals surface area contributed by atoms with Crippen molar-refractivity contribution < 1.29 is 0 Å². The van der Waals surface area contributed by atoms with E-state index in [1.54, 1.807) is 6.08 Å². The van der Waals surface area contributed by atoms with Gasteiger partial charge in [0.25, 0.3) is 0 Å². The van der Waals surface area contributed by atoms with Crippen LogP contribution in [-0.4, -0.2) is 25.0 Å². The molecule has 0 aliphatic heterocycles. The van der Waals surface area contributed by atoms with Crippen molar-refractivity contribution in [2.75, 3.05) is 20.1 Å². The van der Waals surface area contributed by atoms with Gasteiger partial charge in [-0.25, -0.2) is 0 Å². The monoisotopic (exact) mass is 193 g/mol. The van der Waals surface area contributed by atoms with Gasteiger partial charge in [-0.05, 0) is 31.5 Å². The summed E-state index contributed by atoms with van der Waals surface area (Å²) < 4.78 is 0. The molecule has 0 aliphatic rings. The van der Waals surface area contributed by atoms with Crippen molar-refractivity contribution in [2.45, 2.75) is 20.3 Å². The second-order valence-electron chi connectivity index (χ2n) is 4.17. The first-order valence-corrected chi connectivity index (χ1v) is 5.21. The van der Waals surface area contributed by atoms with Gasteiger partial charge < -0.3 is 4.90 Å². The van der Waals surface area contributed by atoms with Crippen molar-refractivity contribution in [2.24, 2.45) is 5.92 Å². The van der Waals surface area contributed by atoms with Gasteiger partial charge in [0.2, 0.25) is 0 Å². The molecule has 80 valence electrons. The van der Waals surface area contributed by atoms with Crippen LogP contribution >= 0.6 is 0 Å². The third-order valence-corrected chi connectivity index (χ3v) is 2.03. The molecular formula is C13H23N. The molecule has 14 heavy (non-hydrogen) atoms. The lowest BCUT2D eigenvalue weighted by atomic mass is 10.1. The molecular weight excluding hydrogens is 170 g/mol. The Labute approximate surface area is 88.8 Å². The Balaban J connectivity index is 3.70. The number of allylic oxidation sites excluding steroid dienone is 2. The summed E-state index contributed by atoms with van der Waals surface area (Å²) in [4.78, 5) is 2.30. The second kappa shape index (κ2) is 7.57. The van der Waals surface area contributed by atoms with Gasteiger partial charge in [0.05, 0.1) is 0 Å². The van der Waals surface area contributed by atoms with Crippen molar-refractivity contribution in [1.82, 2.24) is 4.90 Å². The molecule has 0 radical (unpaired) electrons. The third-order valence-electron chi connectivity index (χ3n) is 2.03. The smallest absolute Gasteiger partial charge is 0.0224 e. The molecule has 0 aromatic carbocycles. The van der Waals surface area contributed by atoms with Gasteiger partial charge >= 0.3 is 0 Å². The molecule has 0 aliphatic carbocycles. The van der Waals surface area contributed by atoms with Crippen molar-refractivity contribution in [1.29, 1.82) is 0 Å². The van der Waals surface area contributed by atoms with Gasteiger partial charge in [-0.3, -0.25) is 0 Å². The van der Waals surface area contributed by atoms with Crippen LogP contribution in [0.25, 0.3) is 0 Å². The zero-order valence-corrected chi connectivity index (χ0v) is 9.79. The summed E-state index contributed by atoms with van der Waals surface area (Å²) in [5, 5.41) is 0. The number of hydrogen-bond acceptors (Lipinski definition) is 1. The molecule has 0 aromatic heterocycles. The van der Waals surface area contributed by atoms with E-state index in [2.05, 4.69) is 39.0 Å². The van der Waals surface area contributed by atoms with E-state index in [1.165, 1.54) is 6.42 Å². The average Bonchev–Trinajstić information content (AvgIpc) is 2.11. The van der Waals surface area contributed by atoms with E-state index in [4.69, 9.17) is 0 Å². The summed E-state index contributed by atoms with van der Waals surface area (Å²) >= 11 is 0. The number of likely N-dealkylation sites (N-methyl/N-ethyl adjacent to an activating group) is 1. The lowest BCUT2D eigenvalue weighted by Gasteiger charge is -2.17. The topological polar surface area (TPSA) is 3.24 Å². The number of nitrogens with zero attached hydrogens (tertiary/aromatic N) is 1. The SMILES string of the molecule is C=C/C=C\C(=C)CN(C)CCC(C)C. The Morgan fingerprint density at radius 1 is 1.43 bits per heavy atom. The Morgan fingerprint density at radius 2 is 2.07 bits per heavy atom. The Kier molecular flexibility index (Phi) is 7.13. The quantitative estimate of drug-likeness (QED) is 0.561. The van der Waals surface area contributed by atoms with E-state index in [1.807, 2.05) is 12.2 Å². The minimum atomic E-state index is 0.773. The van der Waals surface area contributed by atoms with Gasteiger partial charge in [-0.1, -0.05) is 45.2 Å². The highest BCUT2D eigenvalue weighted by Gasteiger charge is 2.00. The second-order valence-corrected chi connectivity index (χ2v) is 4.17. The maximum Gasteiger partial charge on any atom is 0.0224 e. The molecule has 0 spiro atoms. The summed E-state index contributed by atoms with van der Waals surface area (Å²) in [7, 11) is 2.13. The summed E-state index contributed by atoms with van der Waals surface area (Å²) in [6.07, 6.45) is 6.96. The molecule has 0 fully saturated rings. The van der Waals surface area contributed by atoms with E-state index < -0.39 is 0 Å². The third kappa shape index (κ3) is 7.81. The Hall–Kier alpha value is -0.820. The van der Waals surface area contributed by atoms with Crippen molar-refractivity contribution >= 4 is 0 Å². The van der Waals surface area contributed by atoms with Gasteiger partial charge in [-0.2, -0.15) is 0 Å². The molecule has 1 nitrogen and oxygen atoms in total. The zero-order chi connectivity index (χ0) is 11.0. The molecule has 0 amide bonds. The summed E-state index contributed by atoms with van der Waals surface area (Å²) in [6, 6.07) is 0.